The monoisotopic (exact) mass is 323 g/mol. The van der Waals surface area contributed by atoms with Crippen LogP contribution >= 0.6 is 0 Å². The molecule has 0 heterocycles. The molecule has 0 aliphatic heterocycles. The highest BCUT2D eigenvalue weighted by atomic mass is 16.5. The summed E-state index contributed by atoms with van der Waals surface area (Å²) in [6.45, 7) is 2.38. The van der Waals surface area contributed by atoms with Gasteiger partial charge in [0.2, 0.25) is 0 Å². The summed E-state index contributed by atoms with van der Waals surface area (Å²) in [6.07, 6.45) is 2.69. The SMILES string of the molecule is CN=C(NCc1ccc(COc2ccccc2)cc1)NCC1CC1. The third-order valence-corrected chi connectivity index (χ3v) is 4.11. The molecule has 0 unspecified atom stereocenters. The summed E-state index contributed by atoms with van der Waals surface area (Å²) >= 11 is 0. The van der Waals surface area contributed by atoms with E-state index in [1.807, 2.05) is 37.4 Å². The van der Waals surface area contributed by atoms with Crippen molar-refractivity contribution in [1.29, 1.82) is 0 Å². The zero-order valence-electron chi connectivity index (χ0n) is 14.2. The van der Waals surface area contributed by atoms with Gasteiger partial charge in [0.25, 0.3) is 0 Å². The van der Waals surface area contributed by atoms with Crippen LogP contribution in [-0.4, -0.2) is 19.6 Å². The Bertz CT molecular complexity index is 648. The Morgan fingerprint density at radius 1 is 1.00 bits per heavy atom. The Hall–Kier alpha value is -2.49. The maximum Gasteiger partial charge on any atom is 0.191 e. The van der Waals surface area contributed by atoms with Gasteiger partial charge in [0.05, 0.1) is 0 Å². The minimum Gasteiger partial charge on any atom is -0.489 e. The second kappa shape index (κ2) is 8.39. The molecule has 126 valence electrons. The largest absolute Gasteiger partial charge is 0.489 e. The summed E-state index contributed by atoms with van der Waals surface area (Å²) in [6, 6.07) is 18.4. The van der Waals surface area contributed by atoms with Crippen LogP contribution in [0.1, 0.15) is 24.0 Å². The highest BCUT2D eigenvalue weighted by Gasteiger charge is 2.20. The van der Waals surface area contributed by atoms with Crippen molar-refractivity contribution in [2.24, 2.45) is 10.9 Å². The summed E-state index contributed by atoms with van der Waals surface area (Å²) < 4.78 is 5.76. The number of nitrogens with zero attached hydrogens (tertiary/aromatic N) is 1. The zero-order valence-corrected chi connectivity index (χ0v) is 14.2. The molecule has 0 saturated heterocycles. The third-order valence-electron chi connectivity index (χ3n) is 4.11. The molecule has 2 N–H and O–H groups in total. The van der Waals surface area contributed by atoms with Gasteiger partial charge in [-0.3, -0.25) is 4.99 Å². The van der Waals surface area contributed by atoms with Crippen molar-refractivity contribution in [3.05, 3.63) is 65.7 Å². The molecule has 1 fully saturated rings. The van der Waals surface area contributed by atoms with Crippen molar-refractivity contribution in [3.8, 4) is 5.75 Å². The number of rotatable bonds is 7. The van der Waals surface area contributed by atoms with E-state index in [-0.39, 0.29) is 0 Å². The number of benzene rings is 2. The van der Waals surface area contributed by atoms with Gasteiger partial charge in [0, 0.05) is 20.1 Å². The topological polar surface area (TPSA) is 45.7 Å². The minimum absolute atomic E-state index is 0.586. The molecule has 0 aromatic heterocycles. The fourth-order valence-electron chi connectivity index (χ4n) is 2.41. The van der Waals surface area contributed by atoms with E-state index in [0.717, 1.165) is 30.7 Å². The Kier molecular flexibility index (Phi) is 5.72. The van der Waals surface area contributed by atoms with Gasteiger partial charge in [0.15, 0.2) is 5.96 Å². The summed E-state index contributed by atoms with van der Waals surface area (Å²) in [7, 11) is 1.81. The lowest BCUT2D eigenvalue weighted by molar-refractivity contribution is 0.306. The standard InChI is InChI=1S/C20H25N3O/c1-21-20(22-13-16-7-8-16)23-14-17-9-11-18(12-10-17)15-24-19-5-3-2-4-6-19/h2-6,9-12,16H,7-8,13-15H2,1H3,(H2,21,22,23). The van der Waals surface area contributed by atoms with Gasteiger partial charge in [0.1, 0.15) is 12.4 Å². The molecule has 1 aliphatic rings. The van der Waals surface area contributed by atoms with Crippen LogP contribution in [0.5, 0.6) is 5.75 Å². The Balaban J connectivity index is 1.43. The molecule has 0 spiro atoms. The minimum atomic E-state index is 0.586. The molecule has 2 aromatic rings. The van der Waals surface area contributed by atoms with Crippen molar-refractivity contribution in [2.45, 2.75) is 26.0 Å². The Labute approximate surface area is 144 Å². The van der Waals surface area contributed by atoms with Crippen LogP contribution in [0, 0.1) is 5.92 Å². The van der Waals surface area contributed by atoms with Crippen molar-refractivity contribution in [3.63, 3.8) is 0 Å². The normalized spacial score (nSPS) is 14.3. The summed E-state index contributed by atoms with van der Waals surface area (Å²) in [4.78, 5) is 4.26. The highest BCUT2D eigenvalue weighted by Crippen LogP contribution is 2.27. The molecule has 1 saturated carbocycles. The number of ether oxygens (including phenoxy) is 1. The number of hydrogen-bond acceptors (Lipinski definition) is 2. The summed E-state index contributed by atoms with van der Waals surface area (Å²) in [5.41, 5.74) is 2.40. The van der Waals surface area contributed by atoms with Crippen LogP contribution in [0.4, 0.5) is 0 Å². The van der Waals surface area contributed by atoms with E-state index in [1.165, 1.54) is 24.0 Å². The van der Waals surface area contributed by atoms with Crippen LogP contribution in [0.25, 0.3) is 0 Å². The molecule has 0 radical (unpaired) electrons. The van der Waals surface area contributed by atoms with E-state index in [0.29, 0.717) is 6.61 Å². The smallest absolute Gasteiger partial charge is 0.191 e. The number of nitrogens with one attached hydrogen (secondary N) is 2. The molecule has 1 aliphatic carbocycles. The van der Waals surface area contributed by atoms with E-state index < -0.39 is 0 Å². The zero-order chi connectivity index (χ0) is 16.6. The van der Waals surface area contributed by atoms with Crippen molar-refractivity contribution < 1.29 is 4.74 Å². The fraction of sp³-hybridized carbons (Fsp3) is 0.350. The maximum absolute atomic E-state index is 5.76. The van der Waals surface area contributed by atoms with E-state index in [2.05, 4.69) is 39.9 Å². The second-order valence-corrected chi connectivity index (χ2v) is 6.17. The predicted molar refractivity (Wildman–Crippen MR) is 98.1 cm³/mol. The second-order valence-electron chi connectivity index (χ2n) is 6.17. The fourth-order valence-corrected chi connectivity index (χ4v) is 2.41. The first kappa shape index (κ1) is 16.4. The molecule has 4 heteroatoms. The van der Waals surface area contributed by atoms with Gasteiger partial charge in [-0.05, 0) is 42.0 Å². The lowest BCUT2D eigenvalue weighted by Crippen LogP contribution is -2.37. The lowest BCUT2D eigenvalue weighted by atomic mass is 10.1. The van der Waals surface area contributed by atoms with Gasteiger partial charge in [-0.15, -0.1) is 0 Å². The average Bonchev–Trinajstić information content (AvgIpc) is 3.46. The van der Waals surface area contributed by atoms with Crippen LogP contribution in [0.2, 0.25) is 0 Å². The van der Waals surface area contributed by atoms with E-state index in [4.69, 9.17) is 4.74 Å². The van der Waals surface area contributed by atoms with Crippen molar-refractivity contribution >= 4 is 5.96 Å². The summed E-state index contributed by atoms with van der Waals surface area (Å²) in [5.74, 6) is 2.61. The molecule has 24 heavy (non-hydrogen) atoms. The molecule has 4 nitrogen and oxygen atoms in total. The predicted octanol–water partition coefficient (Wildman–Crippen LogP) is 3.34. The van der Waals surface area contributed by atoms with Crippen LogP contribution in [-0.2, 0) is 13.2 Å². The van der Waals surface area contributed by atoms with Crippen LogP contribution < -0.4 is 15.4 Å². The Morgan fingerprint density at radius 2 is 1.71 bits per heavy atom. The first-order valence-corrected chi connectivity index (χ1v) is 8.53. The number of guanidine groups is 1. The number of hydrogen-bond donors (Lipinski definition) is 2. The molecule has 3 rings (SSSR count). The van der Waals surface area contributed by atoms with Crippen molar-refractivity contribution in [1.82, 2.24) is 10.6 Å². The number of aliphatic imine (C=N–C) groups is 1. The number of para-hydroxylation sites is 1. The van der Waals surface area contributed by atoms with Crippen LogP contribution in [0.15, 0.2) is 59.6 Å². The van der Waals surface area contributed by atoms with Gasteiger partial charge < -0.3 is 15.4 Å². The first-order valence-electron chi connectivity index (χ1n) is 8.53. The van der Waals surface area contributed by atoms with Gasteiger partial charge in [-0.25, -0.2) is 0 Å². The van der Waals surface area contributed by atoms with Gasteiger partial charge >= 0.3 is 0 Å². The lowest BCUT2D eigenvalue weighted by Gasteiger charge is -2.12. The molecular weight excluding hydrogens is 298 g/mol. The highest BCUT2D eigenvalue weighted by molar-refractivity contribution is 5.79. The molecular formula is C20H25N3O. The third kappa shape index (κ3) is 5.30. The first-order chi connectivity index (χ1) is 11.8. The molecule has 0 amide bonds. The van der Waals surface area contributed by atoms with Crippen molar-refractivity contribution in [2.75, 3.05) is 13.6 Å². The Morgan fingerprint density at radius 3 is 2.38 bits per heavy atom. The van der Waals surface area contributed by atoms with Gasteiger partial charge in [-0.1, -0.05) is 42.5 Å². The van der Waals surface area contributed by atoms with Crippen LogP contribution in [0.3, 0.4) is 0 Å². The molecule has 0 bridgehead atoms. The van der Waals surface area contributed by atoms with E-state index in [9.17, 15) is 0 Å². The van der Waals surface area contributed by atoms with E-state index >= 15 is 0 Å². The maximum atomic E-state index is 5.76. The quantitative estimate of drug-likeness (QED) is 0.607. The summed E-state index contributed by atoms with van der Waals surface area (Å²) in [5, 5.41) is 6.72. The molecule has 2 aromatic carbocycles. The molecule has 0 atom stereocenters. The van der Waals surface area contributed by atoms with E-state index in [1.54, 1.807) is 0 Å². The average molecular weight is 323 g/mol. The van der Waals surface area contributed by atoms with Gasteiger partial charge in [-0.2, -0.15) is 0 Å².